The first-order valence-electron chi connectivity index (χ1n) is 8.90. The number of alkyl halides is 3. The first-order valence-corrected chi connectivity index (χ1v) is 8.90. The second-order valence-electron chi connectivity index (χ2n) is 6.30. The number of unbranched alkanes of at least 4 members (excludes halogenated alkanes) is 4. The zero-order valence-electron chi connectivity index (χ0n) is 14.8. The average Bonchev–Trinajstić information content (AvgIpc) is 2.58. The molecule has 0 aromatic heterocycles. The minimum atomic E-state index is -4.82. The Labute approximate surface area is 151 Å². The van der Waals surface area contributed by atoms with Gasteiger partial charge >= 0.3 is 6.36 Å². The molecule has 0 aliphatic heterocycles. The zero-order valence-corrected chi connectivity index (χ0v) is 14.8. The zero-order chi connectivity index (χ0) is 19.0. The molecule has 0 amide bonds. The number of benzene rings is 1. The molecular formula is C20H24F4O2. The van der Waals surface area contributed by atoms with Gasteiger partial charge in [-0.05, 0) is 24.1 Å². The summed E-state index contributed by atoms with van der Waals surface area (Å²) in [6.07, 6.45) is 3.99. The van der Waals surface area contributed by atoms with Crippen molar-refractivity contribution >= 4 is 5.57 Å². The largest absolute Gasteiger partial charge is 0.525 e. The van der Waals surface area contributed by atoms with Gasteiger partial charge in [0.2, 0.25) is 5.79 Å². The third-order valence-electron chi connectivity index (χ3n) is 4.19. The molecule has 0 saturated heterocycles. The van der Waals surface area contributed by atoms with Gasteiger partial charge in [-0.1, -0.05) is 63.0 Å². The summed E-state index contributed by atoms with van der Waals surface area (Å²) in [7, 11) is 0. The minimum Gasteiger partial charge on any atom is -0.346 e. The van der Waals surface area contributed by atoms with Gasteiger partial charge in [0.15, 0.2) is 0 Å². The Bertz CT molecular complexity index is 637. The Morgan fingerprint density at radius 1 is 1.08 bits per heavy atom. The van der Waals surface area contributed by atoms with Crippen LogP contribution in [-0.4, -0.2) is 18.8 Å². The number of hydrogen-bond donors (Lipinski definition) is 0. The topological polar surface area (TPSA) is 18.5 Å². The van der Waals surface area contributed by atoms with E-state index < -0.39 is 18.0 Å². The summed E-state index contributed by atoms with van der Waals surface area (Å²) in [5.41, 5.74) is 0.847. The van der Waals surface area contributed by atoms with Gasteiger partial charge in [-0.2, -0.15) is 0 Å². The molecule has 1 aliphatic rings. The highest BCUT2D eigenvalue weighted by atomic mass is 19.4. The molecule has 26 heavy (non-hydrogen) atoms. The van der Waals surface area contributed by atoms with Crippen molar-refractivity contribution in [1.29, 1.82) is 0 Å². The molecule has 1 aliphatic carbocycles. The number of allylic oxidation sites excluding steroid dienone is 2. The molecule has 0 heterocycles. The molecule has 144 valence electrons. The van der Waals surface area contributed by atoms with Gasteiger partial charge in [-0.15, -0.1) is 13.2 Å². The Morgan fingerprint density at radius 2 is 1.81 bits per heavy atom. The molecule has 1 aromatic carbocycles. The van der Waals surface area contributed by atoms with Crippen LogP contribution in [-0.2, 0) is 9.47 Å². The predicted octanol–water partition coefficient (Wildman–Crippen LogP) is 6.39. The van der Waals surface area contributed by atoms with Crippen molar-refractivity contribution in [3.63, 3.8) is 0 Å². The first-order chi connectivity index (χ1) is 12.4. The molecule has 1 unspecified atom stereocenters. The van der Waals surface area contributed by atoms with Gasteiger partial charge in [0, 0.05) is 12.0 Å². The van der Waals surface area contributed by atoms with Crippen LogP contribution in [0.5, 0.6) is 0 Å². The average molecular weight is 372 g/mol. The number of halogens is 4. The maximum atomic E-state index is 13.9. The second kappa shape index (κ2) is 9.33. The third kappa shape index (κ3) is 6.25. The van der Waals surface area contributed by atoms with Gasteiger partial charge in [0.25, 0.3) is 0 Å². The summed E-state index contributed by atoms with van der Waals surface area (Å²) in [5, 5.41) is 0. The Morgan fingerprint density at radius 3 is 2.42 bits per heavy atom. The molecule has 0 N–H and O–H groups in total. The van der Waals surface area contributed by atoms with E-state index in [2.05, 4.69) is 11.7 Å². The lowest BCUT2D eigenvalue weighted by molar-refractivity contribution is -0.403. The molecule has 1 atom stereocenters. The van der Waals surface area contributed by atoms with Crippen molar-refractivity contribution in [2.45, 2.75) is 57.6 Å². The fraction of sp³-hybridized carbons (Fsp3) is 0.500. The van der Waals surface area contributed by atoms with Gasteiger partial charge in [0.1, 0.15) is 5.82 Å². The van der Waals surface area contributed by atoms with E-state index in [0.717, 1.165) is 25.7 Å². The first kappa shape index (κ1) is 20.6. The van der Waals surface area contributed by atoms with Crippen LogP contribution in [0.1, 0.15) is 51.0 Å². The molecule has 0 fully saturated rings. The molecule has 0 radical (unpaired) electrons. The maximum absolute atomic E-state index is 13.9. The highest BCUT2D eigenvalue weighted by molar-refractivity contribution is 5.75. The molecule has 0 saturated carbocycles. The van der Waals surface area contributed by atoms with Gasteiger partial charge < -0.3 is 4.74 Å². The SMILES string of the molecule is CCCCCCCOC1(OC(F)(F)F)C=CC(c2ccccc2F)=CC1. The standard InChI is InChI=1S/C20H24F4O2/c1-2-3-4-5-8-15-25-19(26-20(22,23)24)13-11-16(12-14-19)17-9-6-7-10-18(17)21/h6-7,9-13H,2-5,8,14-15H2,1H3. The van der Waals surface area contributed by atoms with E-state index in [4.69, 9.17) is 4.74 Å². The predicted molar refractivity (Wildman–Crippen MR) is 92.7 cm³/mol. The monoisotopic (exact) mass is 372 g/mol. The van der Waals surface area contributed by atoms with Crippen LogP contribution in [0.4, 0.5) is 17.6 Å². The molecule has 1 aromatic rings. The van der Waals surface area contributed by atoms with Crippen LogP contribution >= 0.6 is 0 Å². The van der Waals surface area contributed by atoms with Crippen molar-refractivity contribution in [3.05, 3.63) is 53.9 Å². The van der Waals surface area contributed by atoms with Gasteiger partial charge in [0.05, 0.1) is 6.61 Å². The molecule has 2 nitrogen and oxygen atoms in total. The van der Waals surface area contributed by atoms with Crippen LogP contribution in [0.25, 0.3) is 5.57 Å². The summed E-state index contributed by atoms with van der Waals surface area (Å²) < 4.78 is 62.1. The highest BCUT2D eigenvalue weighted by Gasteiger charge is 2.43. The van der Waals surface area contributed by atoms with E-state index in [-0.39, 0.29) is 13.0 Å². The summed E-state index contributed by atoms with van der Waals surface area (Å²) >= 11 is 0. The Balaban J connectivity index is 2.03. The summed E-state index contributed by atoms with van der Waals surface area (Å²) in [4.78, 5) is 0. The van der Waals surface area contributed by atoms with Crippen LogP contribution in [0.2, 0.25) is 0 Å². The van der Waals surface area contributed by atoms with Crippen LogP contribution in [0, 0.1) is 5.82 Å². The summed E-state index contributed by atoms with van der Waals surface area (Å²) in [6.45, 7) is 2.27. The molecule has 2 rings (SSSR count). The molecule has 6 heteroatoms. The van der Waals surface area contributed by atoms with Crippen LogP contribution in [0.15, 0.2) is 42.5 Å². The number of ether oxygens (including phenoxy) is 2. The fourth-order valence-electron chi connectivity index (χ4n) is 2.86. The maximum Gasteiger partial charge on any atom is 0.525 e. The van der Waals surface area contributed by atoms with Crippen LogP contribution in [0.3, 0.4) is 0 Å². The summed E-state index contributed by atoms with van der Waals surface area (Å²) in [6, 6.07) is 6.13. The van der Waals surface area contributed by atoms with Gasteiger partial charge in [-0.3, -0.25) is 4.74 Å². The lowest BCUT2D eigenvalue weighted by Gasteiger charge is -2.33. The third-order valence-corrected chi connectivity index (χ3v) is 4.19. The van der Waals surface area contributed by atoms with Crippen molar-refractivity contribution in [2.24, 2.45) is 0 Å². The lowest BCUT2D eigenvalue weighted by atomic mass is 9.96. The molecule has 0 bridgehead atoms. The van der Waals surface area contributed by atoms with Gasteiger partial charge in [-0.25, -0.2) is 4.39 Å². The minimum absolute atomic E-state index is 0.137. The second-order valence-corrected chi connectivity index (χ2v) is 6.30. The normalized spacial score (nSPS) is 20.3. The van der Waals surface area contributed by atoms with E-state index in [9.17, 15) is 17.6 Å². The van der Waals surface area contributed by atoms with E-state index in [1.165, 1.54) is 24.3 Å². The van der Waals surface area contributed by atoms with Crippen molar-refractivity contribution in [3.8, 4) is 0 Å². The Kier molecular flexibility index (Phi) is 7.41. The quantitative estimate of drug-likeness (QED) is 0.284. The lowest BCUT2D eigenvalue weighted by Crippen LogP contribution is -2.40. The van der Waals surface area contributed by atoms with Crippen molar-refractivity contribution in [2.75, 3.05) is 6.61 Å². The molecule has 0 spiro atoms. The smallest absolute Gasteiger partial charge is 0.346 e. The number of hydrogen-bond acceptors (Lipinski definition) is 2. The van der Waals surface area contributed by atoms with E-state index in [1.54, 1.807) is 18.2 Å². The number of rotatable bonds is 9. The van der Waals surface area contributed by atoms with Crippen LogP contribution < -0.4 is 0 Å². The van der Waals surface area contributed by atoms with E-state index in [1.807, 2.05) is 0 Å². The van der Waals surface area contributed by atoms with Crippen molar-refractivity contribution < 1.29 is 27.0 Å². The highest BCUT2D eigenvalue weighted by Crippen LogP contribution is 2.36. The van der Waals surface area contributed by atoms with Crippen molar-refractivity contribution in [1.82, 2.24) is 0 Å². The van der Waals surface area contributed by atoms with E-state index >= 15 is 0 Å². The fourth-order valence-corrected chi connectivity index (χ4v) is 2.86. The Hall–Kier alpha value is -1.66. The van der Waals surface area contributed by atoms with E-state index in [0.29, 0.717) is 17.6 Å². The molecular weight excluding hydrogens is 348 g/mol. The summed E-state index contributed by atoms with van der Waals surface area (Å²) in [5.74, 6) is -2.32.